The van der Waals surface area contributed by atoms with Crippen molar-refractivity contribution in [1.82, 2.24) is 9.80 Å². The molecule has 1 aromatic carbocycles. The van der Waals surface area contributed by atoms with Crippen LogP contribution in [-0.2, 0) is 14.3 Å². The lowest BCUT2D eigenvalue weighted by Gasteiger charge is -2.43. The number of benzene rings is 1. The number of piperidine rings is 2. The Morgan fingerprint density at radius 2 is 1.78 bits per heavy atom. The fourth-order valence-corrected chi connectivity index (χ4v) is 4.83. The lowest BCUT2D eigenvalue weighted by atomic mass is 9.77. The molecule has 178 valence electrons. The standard InChI is InChI=1S/C24H35ClN2O5/c1-17-11-20(12-18(2)23(17)25)32-16-24(7-4-8-27(15-24)22(30)14-31-3)13-21(29)26-9-5-19(28)6-10-26/h11-12,19,28H,4-10,13-16H2,1-3H3/t24-/m1/s1. The van der Waals surface area contributed by atoms with Crippen molar-refractivity contribution in [2.24, 2.45) is 5.41 Å². The predicted octanol–water partition coefficient (Wildman–Crippen LogP) is 2.96. The van der Waals surface area contributed by atoms with Gasteiger partial charge in [-0.25, -0.2) is 0 Å². The summed E-state index contributed by atoms with van der Waals surface area (Å²) < 4.78 is 11.3. The number of hydrogen-bond acceptors (Lipinski definition) is 5. The number of rotatable bonds is 7. The molecule has 1 aromatic rings. The quantitative estimate of drug-likeness (QED) is 0.668. The molecule has 2 amide bonds. The van der Waals surface area contributed by atoms with Gasteiger partial charge in [-0.3, -0.25) is 9.59 Å². The molecule has 2 heterocycles. The lowest BCUT2D eigenvalue weighted by Crippen LogP contribution is -2.52. The third-order valence-corrected chi connectivity index (χ3v) is 7.18. The SMILES string of the molecule is COCC(=O)N1CCC[C@@](COc2cc(C)c(Cl)c(C)c2)(CC(=O)N2CCC(O)CC2)C1. The molecular weight excluding hydrogens is 432 g/mol. The van der Waals surface area contributed by atoms with Crippen molar-refractivity contribution in [2.75, 3.05) is 46.5 Å². The molecule has 2 aliphatic heterocycles. The number of methoxy groups -OCH3 is 1. The summed E-state index contributed by atoms with van der Waals surface area (Å²) >= 11 is 6.30. The summed E-state index contributed by atoms with van der Waals surface area (Å²) in [6.07, 6.45) is 2.81. The molecule has 0 saturated carbocycles. The minimum absolute atomic E-state index is 0.0322. The zero-order valence-corrected chi connectivity index (χ0v) is 20.1. The lowest BCUT2D eigenvalue weighted by molar-refractivity contribution is -0.144. The summed E-state index contributed by atoms with van der Waals surface area (Å²) in [5.74, 6) is 0.714. The Labute approximate surface area is 195 Å². The molecule has 0 spiro atoms. The Balaban J connectivity index is 1.77. The second-order valence-electron chi connectivity index (χ2n) is 9.30. The van der Waals surface area contributed by atoms with E-state index in [0.717, 1.165) is 34.7 Å². The average Bonchev–Trinajstić information content (AvgIpc) is 2.76. The van der Waals surface area contributed by atoms with Crippen LogP contribution in [0.5, 0.6) is 5.75 Å². The van der Waals surface area contributed by atoms with E-state index in [1.54, 1.807) is 4.90 Å². The van der Waals surface area contributed by atoms with Gasteiger partial charge < -0.3 is 24.4 Å². The van der Waals surface area contributed by atoms with Crippen LogP contribution >= 0.6 is 11.6 Å². The Morgan fingerprint density at radius 1 is 1.12 bits per heavy atom. The fraction of sp³-hybridized carbons (Fsp3) is 0.667. The molecule has 0 bridgehead atoms. The number of aliphatic hydroxyl groups is 1. The largest absolute Gasteiger partial charge is 0.493 e. The van der Waals surface area contributed by atoms with Gasteiger partial charge in [-0.1, -0.05) is 11.6 Å². The maximum absolute atomic E-state index is 13.2. The number of likely N-dealkylation sites (tertiary alicyclic amines) is 2. The smallest absolute Gasteiger partial charge is 0.248 e. The second kappa shape index (κ2) is 10.9. The van der Waals surface area contributed by atoms with Gasteiger partial charge in [0, 0.05) is 50.1 Å². The van der Waals surface area contributed by atoms with Crippen molar-refractivity contribution in [2.45, 2.75) is 52.1 Å². The summed E-state index contributed by atoms with van der Waals surface area (Å²) in [6.45, 7) is 6.51. The number of halogens is 1. The van der Waals surface area contributed by atoms with E-state index >= 15 is 0 Å². The van der Waals surface area contributed by atoms with Crippen LogP contribution in [0.3, 0.4) is 0 Å². The van der Waals surface area contributed by atoms with Gasteiger partial charge in [0.2, 0.25) is 11.8 Å². The first-order chi connectivity index (χ1) is 15.2. The minimum Gasteiger partial charge on any atom is -0.493 e. The first kappa shape index (κ1) is 24.8. The summed E-state index contributed by atoms with van der Waals surface area (Å²) in [7, 11) is 1.51. The molecule has 0 aliphatic carbocycles. The van der Waals surface area contributed by atoms with Gasteiger partial charge in [0.05, 0.1) is 12.7 Å². The number of nitrogens with zero attached hydrogens (tertiary/aromatic N) is 2. The monoisotopic (exact) mass is 466 g/mol. The van der Waals surface area contributed by atoms with Crippen LogP contribution in [-0.4, -0.2) is 79.3 Å². The molecule has 0 radical (unpaired) electrons. The summed E-state index contributed by atoms with van der Waals surface area (Å²) in [6, 6.07) is 3.82. The first-order valence-electron chi connectivity index (χ1n) is 11.3. The van der Waals surface area contributed by atoms with E-state index in [4.69, 9.17) is 21.1 Å². The molecule has 2 fully saturated rings. The Bertz CT molecular complexity index is 802. The van der Waals surface area contributed by atoms with Gasteiger partial charge in [0.1, 0.15) is 12.4 Å². The van der Waals surface area contributed by atoms with Crippen molar-refractivity contribution in [1.29, 1.82) is 0 Å². The molecule has 1 N–H and O–H groups in total. The molecule has 2 saturated heterocycles. The average molecular weight is 467 g/mol. The number of aliphatic hydroxyl groups excluding tert-OH is 1. The van der Waals surface area contributed by atoms with E-state index in [-0.39, 0.29) is 24.5 Å². The highest BCUT2D eigenvalue weighted by molar-refractivity contribution is 6.32. The second-order valence-corrected chi connectivity index (χ2v) is 9.68. The number of carbonyl (C=O) groups excluding carboxylic acids is 2. The van der Waals surface area contributed by atoms with Gasteiger partial charge in [-0.05, 0) is 62.8 Å². The molecule has 0 unspecified atom stereocenters. The van der Waals surface area contributed by atoms with Crippen LogP contribution in [0.15, 0.2) is 12.1 Å². The van der Waals surface area contributed by atoms with E-state index in [1.807, 2.05) is 30.9 Å². The zero-order chi connectivity index (χ0) is 23.3. The number of hydrogen-bond donors (Lipinski definition) is 1. The highest BCUT2D eigenvalue weighted by atomic mass is 35.5. The highest BCUT2D eigenvalue weighted by Crippen LogP contribution is 2.36. The van der Waals surface area contributed by atoms with Gasteiger partial charge in [0.15, 0.2) is 0 Å². The fourth-order valence-electron chi connectivity index (χ4n) is 4.72. The van der Waals surface area contributed by atoms with E-state index in [1.165, 1.54) is 7.11 Å². The number of carbonyl (C=O) groups is 2. The Kier molecular flexibility index (Phi) is 8.42. The summed E-state index contributed by atoms with van der Waals surface area (Å²) in [4.78, 5) is 29.3. The molecule has 8 heteroatoms. The molecule has 1 atom stereocenters. The van der Waals surface area contributed by atoms with E-state index in [2.05, 4.69) is 0 Å². The number of amides is 2. The van der Waals surface area contributed by atoms with E-state index in [9.17, 15) is 14.7 Å². The Morgan fingerprint density at radius 3 is 2.41 bits per heavy atom. The highest BCUT2D eigenvalue weighted by Gasteiger charge is 2.41. The van der Waals surface area contributed by atoms with Gasteiger partial charge in [0.25, 0.3) is 0 Å². The van der Waals surface area contributed by atoms with Crippen molar-refractivity contribution in [3.8, 4) is 5.75 Å². The van der Waals surface area contributed by atoms with Crippen LogP contribution in [0.2, 0.25) is 5.02 Å². The summed E-state index contributed by atoms with van der Waals surface area (Å²) in [5.41, 5.74) is 1.41. The van der Waals surface area contributed by atoms with Crippen molar-refractivity contribution in [3.63, 3.8) is 0 Å². The minimum atomic E-state index is -0.476. The zero-order valence-electron chi connectivity index (χ0n) is 19.4. The van der Waals surface area contributed by atoms with Crippen LogP contribution in [0.1, 0.15) is 43.2 Å². The van der Waals surface area contributed by atoms with Crippen LogP contribution < -0.4 is 4.74 Å². The first-order valence-corrected chi connectivity index (χ1v) is 11.7. The van der Waals surface area contributed by atoms with Crippen LogP contribution in [0.25, 0.3) is 0 Å². The molecule has 7 nitrogen and oxygen atoms in total. The third-order valence-electron chi connectivity index (χ3n) is 6.58. The topological polar surface area (TPSA) is 79.3 Å². The van der Waals surface area contributed by atoms with E-state index in [0.29, 0.717) is 52.0 Å². The molecule has 3 rings (SSSR count). The van der Waals surface area contributed by atoms with Crippen LogP contribution in [0, 0.1) is 19.3 Å². The van der Waals surface area contributed by atoms with Crippen LogP contribution in [0.4, 0.5) is 0 Å². The Hall–Kier alpha value is -1.83. The third kappa shape index (κ3) is 6.15. The van der Waals surface area contributed by atoms with Gasteiger partial charge >= 0.3 is 0 Å². The normalized spacial score (nSPS) is 22.2. The van der Waals surface area contributed by atoms with Gasteiger partial charge in [-0.2, -0.15) is 0 Å². The van der Waals surface area contributed by atoms with Gasteiger partial charge in [-0.15, -0.1) is 0 Å². The van der Waals surface area contributed by atoms with E-state index < -0.39 is 5.41 Å². The molecule has 0 aromatic heterocycles. The van der Waals surface area contributed by atoms with Crippen molar-refractivity contribution in [3.05, 3.63) is 28.3 Å². The number of ether oxygens (including phenoxy) is 2. The maximum atomic E-state index is 13.2. The predicted molar refractivity (Wildman–Crippen MR) is 123 cm³/mol. The van der Waals surface area contributed by atoms with Crippen molar-refractivity contribution >= 4 is 23.4 Å². The summed E-state index contributed by atoms with van der Waals surface area (Å²) in [5, 5.41) is 10.5. The molecule has 2 aliphatic rings. The maximum Gasteiger partial charge on any atom is 0.248 e. The molecule has 32 heavy (non-hydrogen) atoms. The molecular formula is C24H35ClN2O5. The van der Waals surface area contributed by atoms with Crippen molar-refractivity contribution < 1.29 is 24.2 Å². The number of aryl methyl sites for hydroxylation is 2.